The van der Waals surface area contributed by atoms with Crippen molar-refractivity contribution in [2.24, 2.45) is 0 Å². The van der Waals surface area contributed by atoms with E-state index in [9.17, 15) is 9.90 Å². The van der Waals surface area contributed by atoms with Crippen molar-refractivity contribution in [3.63, 3.8) is 0 Å². The smallest absolute Gasteiger partial charge is 0.307 e. The second-order valence-corrected chi connectivity index (χ2v) is 5.97. The fourth-order valence-corrected chi connectivity index (χ4v) is 3.10. The summed E-state index contributed by atoms with van der Waals surface area (Å²) in [6.45, 7) is 4.11. The van der Waals surface area contributed by atoms with E-state index in [4.69, 9.17) is 4.74 Å². The summed E-state index contributed by atoms with van der Waals surface area (Å²) in [6.07, 6.45) is 0.947. The molecule has 4 heteroatoms. The molecule has 0 fully saturated rings. The number of H-pyrrole nitrogens is 1. The topological polar surface area (TPSA) is 62.3 Å². The molecule has 0 amide bonds. The molecule has 0 radical (unpaired) electrons. The quantitative estimate of drug-likeness (QED) is 0.734. The summed E-state index contributed by atoms with van der Waals surface area (Å²) in [7, 11) is 1.62. The fraction of sp³-hybridized carbons (Fsp3) is 0.250. The van der Waals surface area contributed by atoms with Gasteiger partial charge in [0.05, 0.1) is 19.2 Å². The molecule has 0 spiro atoms. The molecule has 0 aliphatic rings. The van der Waals surface area contributed by atoms with Gasteiger partial charge >= 0.3 is 5.97 Å². The van der Waals surface area contributed by atoms with Crippen LogP contribution in [0.15, 0.2) is 36.4 Å². The van der Waals surface area contributed by atoms with E-state index in [0.717, 1.165) is 45.5 Å². The molecule has 0 atom stereocenters. The predicted octanol–water partition coefficient (Wildman–Crippen LogP) is 4.34. The van der Waals surface area contributed by atoms with Crippen molar-refractivity contribution < 1.29 is 14.6 Å². The van der Waals surface area contributed by atoms with Gasteiger partial charge < -0.3 is 14.8 Å². The van der Waals surface area contributed by atoms with Crippen LogP contribution in [0.2, 0.25) is 0 Å². The van der Waals surface area contributed by atoms with Gasteiger partial charge in [-0.1, -0.05) is 31.2 Å². The molecule has 2 aromatic carbocycles. The number of ether oxygens (including phenoxy) is 1. The number of aliphatic carboxylic acids is 1. The number of rotatable bonds is 5. The molecule has 0 unspecified atom stereocenters. The summed E-state index contributed by atoms with van der Waals surface area (Å²) in [5.74, 6) is -0.110. The highest BCUT2D eigenvalue weighted by atomic mass is 16.5. The number of benzene rings is 2. The van der Waals surface area contributed by atoms with E-state index < -0.39 is 5.97 Å². The van der Waals surface area contributed by atoms with E-state index in [0.29, 0.717) is 0 Å². The Morgan fingerprint density at radius 1 is 1.21 bits per heavy atom. The lowest BCUT2D eigenvalue weighted by atomic mass is 10.0. The first-order valence-electron chi connectivity index (χ1n) is 8.03. The number of carboxylic acids is 1. The van der Waals surface area contributed by atoms with E-state index in [2.05, 4.69) is 24.0 Å². The number of nitrogens with one attached hydrogen (secondary N) is 1. The first-order chi connectivity index (χ1) is 11.5. The average Bonchev–Trinajstić information content (AvgIpc) is 2.93. The largest absolute Gasteiger partial charge is 0.497 e. The van der Waals surface area contributed by atoms with Crippen LogP contribution in [0.3, 0.4) is 0 Å². The van der Waals surface area contributed by atoms with Gasteiger partial charge in [0.2, 0.25) is 0 Å². The summed E-state index contributed by atoms with van der Waals surface area (Å²) in [6, 6.07) is 12.1. The van der Waals surface area contributed by atoms with Crippen LogP contribution >= 0.6 is 0 Å². The molecule has 3 rings (SSSR count). The van der Waals surface area contributed by atoms with Crippen LogP contribution in [0.25, 0.3) is 22.2 Å². The van der Waals surface area contributed by atoms with Crippen molar-refractivity contribution in [2.75, 3.05) is 7.11 Å². The van der Waals surface area contributed by atoms with Gasteiger partial charge in [-0.2, -0.15) is 0 Å². The van der Waals surface area contributed by atoms with Gasteiger partial charge in [0, 0.05) is 10.9 Å². The summed E-state index contributed by atoms with van der Waals surface area (Å²) in [5, 5.41) is 10.3. The van der Waals surface area contributed by atoms with Crippen LogP contribution in [0.1, 0.15) is 23.6 Å². The molecule has 124 valence electrons. The molecule has 0 saturated heterocycles. The number of aromatic amines is 1. The molecule has 3 aromatic rings. The number of aromatic nitrogens is 1. The van der Waals surface area contributed by atoms with Gasteiger partial charge in [-0.25, -0.2) is 0 Å². The monoisotopic (exact) mass is 323 g/mol. The number of carbonyl (C=O) groups is 1. The van der Waals surface area contributed by atoms with Crippen molar-refractivity contribution in [3.8, 4) is 17.0 Å². The minimum Gasteiger partial charge on any atom is -0.497 e. The molecule has 0 saturated carbocycles. The second-order valence-electron chi connectivity index (χ2n) is 5.97. The first-order valence-corrected chi connectivity index (χ1v) is 8.03. The normalized spacial score (nSPS) is 11.0. The number of hydrogen-bond acceptors (Lipinski definition) is 2. The van der Waals surface area contributed by atoms with E-state index in [1.807, 2.05) is 31.2 Å². The van der Waals surface area contributed by atoms with E-state index in [-0.39, 0.29) is 6.42 Å². The van der Waals surface area contributed by atoms with Crippen molar-refractivity contribution in [3.05, 3.63) is 53.1 Å². The lowest BCUT2D eigenvalue weighted by Crippen LogP contribution is -2.01. The molecule has 0 aliphatic heterocycles. The van der Waals surface area contributed by atoms with Crippen LogP contribution in [-0.2, 0) is 17.6 Å². The summed E-state index contributed by atoms with van der Waals surface area (Å²) < 4.78 is 5.35. The van der Waals surface area contributed by atoms with Crippen molar-refractivity contribution in [2.45, 2.75) is 26.7 Å². The Labute approximate surface area is 141 Å². The standard InChI is InChI=1S/C20H21NO3/c1-4-13-5-7-14(8-6-13)20-17(11-18(22)23)16-10-15(24-3)9-12(2)19(16)21-20/h5-10,21H,4,11H2,1-3H3,(H,22,23). The number of methoxy groups -OCH3 is 1. The average molecular weight is 323 g/mol. The number of fused-ring (bicyclic) bond motifs is 1. The lowest BCUT2D eigenvalue weighted by molar-refractivity contribution is -0.136. The van der Waals surface area contributed by atoms with Gasteiger partial charge in [0.25, 0.3) is 0 Å². The highest BCUT2D eigenvalue weighted by Gasteiger charge is 2.18. The predicted molar refractivity (Wildman–Crippen MR) is 95.7 cm³/mol. The third-order valence-electron chi connectivity index (χ3n) is 4.40. The fourth-order valence-electron chi connectivity index (χ4n) is 3.10. The summed E-state index contributed by atoms with van der Waals surface area (Å²) in [5.41, 5.74) is 5.91. The molecule has 2 N–H and O–H groups in total. The van der Waals surface area contributed by atoms with Gasteiger partial charge in [-0.15, -0.1) is 0 Å². The Balaban J connectivity index is 2.25. The maximum absolute atomic E-state index is 11.4. The van der Waals surface area contributed by atoms with Crippen LogP contribution in [0.4, 0.5) is 0 Å². The van der Waals surface area contributed by atoms with E-state index in [1.165, 1.54) is 5.56 Å². The van der Waals surface area contributed by atoms with Crippen molar-refractivity contribution in [1.29, 1.82) is 0 Å². The Kier molecular flexibility index (Phi) is 4.30. The minimum absolute atomic E-state index is 0.0303. The zero-order valence-corrected chi connectivity index (χ0v) is 14.1. The van der Waals surface area contributed by atoms with Crippen LogP contribution in [-0.4, -0.2) is 23.2 Å². The molecule has 1 heterocycles. The molecular weight excluding hydrogens is 302 g/mol. The Morgan fingerprint density at radius 3 is 2.50 bits per heavy atom. The maximum Gasteiger partial charge on any atom is 0.307 e. The van der Waals surface area contributed by atoms with Crippen LogP contribution < -0.4 is 4.74 Å². The van der Waals surface area contributed by atoms with Gasteiger partial charge in [-0.3, -0.25) is 4.79 Å². The van der Waals surface area contributed by atoms with Crippen molar-refractivity contribution in [1.82, 2.24) is 4.98 Å². The van der Waals surface area contributed by atoms with Gasteiger partial charge in [0.1, 0.15) is 5.75 Å². The van der Waals surface area contributed by atoms with Crippen LogP contribution in [0, 0.1) is 6.92 Å². The summed E-state index contributed by atoms with van der Waals surface area (Å²) in [4.78, 5) is 14.8. The highest BCUT2D eigenvalue weighted by molar-refractivity contribution is 5.96. The van der Waals surface area contributed by atoms with E-state index >= 15 is 0 Å². The maximum atomic E-state index is 11.4. The second kappa shape index (κ2) is 6.40. The van der Waals surface area contributed by atoms with Crippen LogP contribution in [0.5, 0.6) is 5.75 Å². The lowest BCUT2D eigenvalue weighted by Gasteiger charge is -2.05. The molecular formula is C20H21NO3. The third kappa shape index (κ3) is 2.87. The highest BCUT2D eigenvalue weighted by Crippen LogP contribution is 2.35. The number of aryl methyl sites for hydroxylation is 2. The first kappa shape index (κ1) is 16.1. The number of hydrogen-bond donors (Lipinski definition) is 2. The Morgan fingerprint density at radius 2 is 1.92 bits per heavy atom. The molecule has 0 bridgehead atoms. The molecule has 24 heavy (non-hydrogen) atoms. The number of carboxylic acid groups (broad SMARTS) is 1. The van der Waals surface area contributed by atoms with Crippen molar-refractivity contribution >= 4 is 16.9 Å². The molecule has 4 nitrogen and oxygen atoms in total. The third-order valence-corrected chi connectivity index (χ3v) is 4.40. The zero-order valence-electron chi connectivity index (χ0n) is 14.1. The molecule has 1 aromatic heterocycles. The Hall–Kier alpha value is -2.75. The van der Waals surface area contributed by atoms with E-state index in [1.54, 1.807) is 7.11 Å². The molecule has 0 aliphatic carbocycles. The SMILES string of the molecule is CCc1ccc(-c2[nH]c3c(C)cc(OC)cc3c2CC(=O)O)cc1. The Bertz CT molecular complexity index is 891. The summed E-state index contributed by atoms with van der Waals surface area (Å²) >= 11 is 0. The van der Waals surface area contributed by atoms with Gasteiger partial charge in [-0.05, 0) is 47.7 Å². The minimum atomic E-state index is -0.845. The zero-order chi connectivity index (χ0) is 17.3. The van der Waals surface area contributed by atoms with Gasteiger partial charge in [0.15, 0.2) is 0 Å².